The van der Waals surface area contributed by atoms with E-state index in [1.165, 1.54) is 17.3 Å². The summed E-state index contributed by atoms with van der Waals surface area (Å²) in [4.78, 5) is 10.7. The van der Waals surface area contributed by atoms with E-state index in [0.717, 1.165) is 13.0 Å². The van der Waals surface area contributed by atoms with Gasteiger partial charge in [0.25, 0.3) is 0 Å². The van der Waals surface area contributed by atoms with Crippen LogP contribution < -0.4 is 5.32 Å². The maximum Gasteiger partial charge on any atom is 0.219 e. The minimum absolute atomic E-state index is 0.166. The molecular formula is C8H16INO. The first-order chi connectivity index (χ1) is 5.31. The van der Waals surface area contributed by atoms with Crippen molar-refractivity contribution in [2.24, 2.45) is 0 Å². The molecule has 0 rings (SSSR count). The van der Waals surface area contributed by atoms with E-state index in [0.29, 0.717) is 6.42 Å². The van der Waals surface area contributed by atoms with Crippen LogP contribution >= 0.6 is 22.6 Å². The molecule has 0 fully saturated rings. The van der Waals surface area contributed by atoms with Gasteiger partial charge in [-0.2, -0.15) is 0 Å². The largest absolute Gasteiger partial charge is 0.356 e. The highest BCUT2D eigenvalue weighted by Gasteiger charge is 1.93. The molecule has 0 aromatic rings. The number of halogens is 1. The van der Waals surface area contributed by atoms with E-state index in [1.807, 2.05) is 6.92 Å². The van der Waals surface area contributed by atoms with E-state index in [4.69, 9.17) is 0 Å². The van der Waals surface area contributed by atoms with E-state index in [9.17, 15) is 4.79 Å². The maximum absolute atomic E-state index is 10.7. The van der Waals surface area contributed by atoms with Gasteiger partial charge < -0.3 is 5.32 Å². The molecule has 0 saturated carbocycles. The zero-order chi connectivity index (χ0) is 8.53. The monoisotopic (exact) mass is 269 g/mol. The summed E-state index contributed by atoms with van der Waals surface area (Å²) in [5.41, 5.74) is 0. The molecule has 0 radical (unpaired) electrons. The molecule has 0 unspecified atom stereocenters. The summed E-state index contributed by atoms with van der Waals surface area (Å²) in [6.45, 7) is 2.73. The quantitative estimate of drug-likeness (QED) is 0.446. The molecule has 3 heteroatoms. The molecule has 0 heterocycles. The molecule has 0 aromatic heterocycles. The van der Waals surface area contributed by atoms with Gasteiger partial charge in [0, 0.05) is 13.0 Å². The molecule has 0 spiro atoms. The van der Waals surface area contributed by atoms with E-state index in [1.54, 1.807) is 0 Å². The molecule has 0 aromatic carbocycles. The Hall–Kier alpha value is 0.200. The van der Waals surface area contributed by atoms with Gasteiger partial charge in [-0.1, -0.05) is 35.9 Å². The van der Waals surface area contributed by atoms with Crippen LogP contribution in [0.25, 0.3) is 0 Å². The summed E-state index contributed by atoms with van der Waals surface area (Å²) < 4.78 is 1.22. The summed E-state index contributed by atoms with van der Waals surface area (Å²) >= 11 is 2.37. The lowest BCUT2D eigenvalue weighted by molar-refractivity contribution is -0.120. The molecule has 0 atom stereocenters. The highest BCUT2D eigenvalue weighted by Crippen LogP contribution is 1.97. The molecular weight excluding hydrogens is 253 g/mol. The summed E-state index contributed by atoms with van der Waals surface area (Å²) in [5, 5.41) is 2.85. The van der Waals surface area contributed by atoms with Crippen molar-refractivity contribution >= 4 is 28.5 Å². The number of carbonyl (C=O) groups excluding carboxylic acids is 1. The molecule has 2 nitrogen and oxygen atoms in total. The second-order valence-corrected chi connectivity index (χ2v) is 3.53. The Labute approximate surface area is 82.3 Å². The molecule has 0 aliphatic rings. The Bertz CT molecular complexity index is 106. The molecule has 0 aliphatic heterocycles. The van der Waals surface area contributed by atoms with Crippen LogP contribution in [0.2, 0.25) is 0 Å². The fraction of sp³-hybridized carbons (Fsp3) is 0.875. The lowest BCUT2D eigenvalue weighted by Gasteiger charge is -2.01. The third kappa shape index (κ3) is 8.10. The number of hydrogen-bond donors (Lipinski definition) is 1. The Morgan fingerprint density at radius 2 is 2.09 bits per heavy atom. The van der Waals surface area contributed by atoms with Crippen molar-refractivity contribution in [3.8, 4) is 0 Å². The van der Waals surface area contributed by atoms with Crippen LogP contribution in [0.4, 0.5) is 0 Å². The van der Waals surface area contributed by atoms with E-state index < -0.39 is 0 Å². The third-order valence-corrected chi connectivity index (χ3v) is 2.22. The van der Waals surface area contributed by atoms with Gasteiger partial charge in [0.15, 0.2) is 0 Å². The number of nitrogens with one attached hydrogen (secondary N) is 1. The maximum atomic E-state index is 10.7. The van der Waals surface area contributed by atoms with Crippen LogP contribution in [0.5, 0.6) is 0 Å². The number of unbranched alkanes of at least 4 members (excludes halogenated alkanes) is 2. The average Bonchev–Trinajstić information content (AvgIpc) is 2.04. The summed E-state index contributed by atoms with van der Waals surface area (Å²) in [6.07, 6.45) is 4.22. The minimum Gasteiger partial charge on any atom is -0.356 e. The van der Waals surface area contributed by atoms with E-state index in [2.05, 4.69) is 27.9 Å². The van der Waals surface area contributed by atoms with Crippen molar-refractivity contribution in [2.75, 3.05) is 11.0 Å². The van der Waals surface area contributed by atoms with Crippen LogP contribution in [0.1, 0.15) is 32.6 Å². The lowest BCUT2D eigenvalue weighted by Crippen LogP contribution is -2.23. The normalized spacial score (nSPS) is 9.64. The van der Waals surface area contributed by atoms with Gasteiger partial charge in [-0.05, 0) is 17.3 Å². The van der Waals surface area contributed by atoms with E-state index in [-0.39, 0.29) is 5.91 Å². The number of alkyl halides is 1. The second-order valence-electron chi connectivity index (χ2n) is 2.45. The predicted molar refractivity (Wildman–Crippen MR) is 56.0 cm³/mol. The lowest BCUT2D eigenvalue weighted by atomic mass is 10.2. The molecule has 0 aliphatic carbocycles. The number of carbonyl (C=O) groups is 1. The first-order valence-corrected chi connectivity index (χ1v) is 5.66. The average molecular weight is 269 g/mol. The highest BCUT2D eigenvalue weighted by molar-refractivity contribution is 14.1. The minimum atomic E-state index is 0.166. The predicted octanol–water partition coefficient (Wildman–Crippen LogP) is 2.12. The number of rotatable bonds is 6. The third-order valence-electron chi connectivity index (χ3n) is 1.45. The number of amides is 1. The van der Waals surface area contributed by atoms with Gasteiger partial charge >= 0.3 is 0 Å². The summed E-state index contributed by atoms with van der Waals surface area (Å²) in [7, 11) is 0. The second kappa shape index (κ2) is 8.30. The Balaban J connectivity index is 2.95. The van der Waals surface area contributed by atoms with Crippen LogP contribution in [-0.4, -0.2) is 16.9 Å². The van der Waals surface area contributed by atoms with Gasteiger partial charge in [0.1, 0.15) is 0 Å². The summed E-state index contributed by atoms with van der Waals surface area (Å²) in [6, 6.07) is 0. The molecule has 1 N–H and O–H groups in total. The van der Waals surface area contributed by atoms with Crippen LogP contribution in [0.15, 0.2) is 0 Å². The molecule has 0 bridgehead atoms. The van der Waals surface area contributed by atoms with Crippen molar-refractivity contribution in [3.63, 3.8) is 0 Å². The van der Waals surface area contributed by atoms with Crippen molar-refractivity contribution in [1.29, 1.82) is 0 Å². The molecule has 11 heavy (non-hydrogen) atoms. The smallest absolute Gasteiger partial charge is 0.219 e. The molecule has 1 amide bonds. The number of hydrogen-bond acceptors (Lipinski definition) is 1. The Kier molecular flexibility index (Phi) is 8.45. The zero-order valence-corrected chi connectivity index (χ0v) is 9.19. The Morgan fingerprint density at radius 1 is 1.36 bits per heavy atom. The van der Waals surface area contributed by atoms with Crippen molar-refractivity contribution in [2.45, 2.75) is 32.6 Å². The first kappa shape index (κ1) is 11.2. The zero-order valence-electron chi connectivity index (χ0n) is 7.03. The fourth-order valence-electron chi connectivity index (χ4n) is 0.749. The Morgan fingerprint density at radius 3 is 2.64 bits per heavy atom. The van der Waals surface area contributed by atoms with E-state index >= 15 is 0 Å². The van der Waals surface area contributed by atoms with Gasteiger partial charge in [-0.3, -0.25) is 4.79 Å². The van der Waals surface area contributed by atoms with Crippen LogP contribution in [0.3, 0.4) is 0 Å². The highest BCUT2D eigenvalue weighted by atomic mass is 127. The SMILES string of the molecule is CCC(=O)NCCCCCI. The topological polar surface area (TPSA) is 29.1 Å². The summed E-state index contributed by atoms with van der Waals surface area (Å²) in [5.74, 6) is 0.166. The van der Waals surface area contributed by atoms with Gasteiger partial charge in [0.2, 0.25) is 5.91 Å². The van der Waals surface area contributed by atoms with Gasteiger partial charge in [-0.15, -0.1) is 0 Å². The van der Waals surface area contributed by atoms with Gasteiger partial charge in [0.05, 0.1) is 0 Å². The van der Waals surface area contributed by atoms with Crippen molar-refractivity contribution in [3.05, 3.63) is 0 Å². The first-order valence-electron chi connectivity index (χ1n) is 4.14. The van der Waals surface area contributed by atoms with Crippen LogP contribution in [-0.2, 0) is 4.79 Å². The van der Waals surface area contributed by atoms with Crippen molar-refractivity contribution in [1.82, 2.24) is 5.32 Å². The van der Waals surface area contributed by atoms with Crippen molar-refractivity contribution < 1.29 is 4.79 Å². The standard InChI is InChI=1S/C8H16INO/c1-2-8(11)10-7-5-3-4-6-9/h2-7H2,1H3,(H,10,11). The molecule has 66 valence electrons. The fourth-order valence-corrected chi connectivity index (χ4v) is 1.29. The van der Waals surface area contributed by atoms with Crippen LogP contribution in [0, 0.1) is 0 Å². The van der Waals surface area contributed by atoms with Gasteiger partial charge in [-0.25, -0.2) is 0 Å². The molecule has 0 saturated heterocycles.